The Kier molecular flexibility index (Phi) is 3.72. The van der Waals surface area contributed by atoms with Gasteiger partial charge >= 0.3 is 0 Å². The summed E-state index contributed by atoms with van der Waals surface area (Å²) in [7, 11) is 0. The van der Waals surface area contributed by atoms with Gasteiger partial charge in [-0.3, -0.25) is 0 Å². The minimum absolute atomic E-state index is 0.347. The van der Waals surface area contributed by atoms with E-state index in [2.05, 4.69) is 47.8 Å². The second kappa shape index (κ2) is 6.06. The second-order valence-corrected chi connectivity index (χ2v) is 6.59. The fourth-order valence-corrected chi connectivity index (χ4v) is 3.92. The van der Waals surface area contributed by atoms with Crippen molar-refractivity contribution in [3.8, 4) is 12.1 Å². The van der Waals surface area contributed by atoms with Crippen LogP contribution in [-0.4, -0.2) is 0 Å². The summed E-state index contributed by atoms with van der Waals surface area (Å²) in [5.74, 6) is -0.347. The van der Waals surface area contributed by atoms with Crippen molar-refractivity contribution in [2.45, 2.75) is 19.8 Å². The predicted molar refractivity (Wildman–Crippen MR) is 104 cm³/mol. The van der Waals surface area contributed by atoms with Crippen molar-refractivity contribution in [2.24, 2.45) is 0 Å². The molecule has 0 atom stereocenters. The van der Waals surface area contributed by atoms with E-state index >= 15 is 0 Å². The molecule has 1 heterocycles. The van der Waals surface area contributed by atoms with Gasteiger partial charge in [0, 0.05) is 11.4 Å². The van der Waals surface area contributed by atoms with Gasteiger partial charge in [-0.1, -0.05) is 48.5 Å². The summed E-state index contributed by atoms with van der Waals surface area (Å²) in [6.07, 6.45) is 0. The van der Waals surface area contributed by atoms with Gasteiger partial charge in [0.05, 0.1) is 29.2 Å². The van der Waals surface area contributed by atoms with Crippen LogP contribution in [0, 0.1) is 22.7 Å². The molecule has 0 spiro atoms. The summed E-state index contributed by atoms with van der Waals surface area (Å²) in [6, 6.07) is 23.3. The minimum Gasteiger partial charge on any atom is -0.361 e. The maximum absolute atomic E-state index is 9.80. The maximum Gasteiger partial charge on any atom is 0.0975 e. The molecule has 0 saturated carbocycles. The number of hydrogen-bond acceptors (Lipinski definition) is 3. The van der Waals surface area contributed by atoms with E-state index in [0.29, 0.717) is 11.1 Å². The van der Waals surface area contributed by atoms with Gasteiger partial charge in [-0.2, -0.15) is 10.5 Å². The normalized spacial score (nSPS) is 15.1. The Balaban J connectivity index is 2.14. The van der Waals surface area contributed by atoms with Crippen LogP contribution < -0.4 is 5.32 Å². The molecule has 0 aliphatic carbocycles. The molecule has 3 aromatic carbocycles. The Morgan fingerprint density at radius 3 is 1.92 bits per heavy atom. The molecule has 1 aliphatic heterocycles. The molecule has 3 nitrogen and oxygen atoms in total. The van der Waals surface area contributed by atoms with Gasteiger partial charge in [0.25, 0.3) is 0 Å². The van der Waals surface area contributed by atoms with Crippen molar-refractivity contribution < 1.29 is 0 Å². The first-order valence-electron chi connectivity index (χ1n) is 8.55. The van der Waals surface area contributed by atoms with Gasteiger partial charge in [0.15, 0.2) is 0 Å². The van der Waals surface area contributed by atoms with Gasteiger partial charge in [-0.25, -0.2) is 0 Å². The summed E-state index contributed by atoms with van der Waals surface area (Å²) in [5, 5.41) is 27.3. The Hall–Kier alpha value is -3.56. The van der Waals surface area contributed by atoms with Crippen LogP contribution >= 0.6 is 0 Å². The molecule has 3 aromatic rings. The number of nitriles is 2. The van der Waals surface area contributed by atoms with E-state index in [-0.39, 0.29) is 5.92 Å². The summed E-state index contributed by atoms with van der Waals surface area (Å²) in [6.45, 7) is 3.79. The fourth-order valence-electron chi connectivity index (χ4n) is 3.92. The summed E-state index contributed by atoms with van der Waals surface area (Å²) in [5.41, 5.74) is 3.84. The smallest absolute Gasteiger partial charge is 0.0975 e. The zero-order valence-corrected chi connectivity index (χ0v) is 14.7. The van der Waals surface area contributed by atoms with E-state index in [9.17, 15) is 10.5 Å². The fraction of sp³-hybridized carbons (Fsp3) is 0.130. The highest BCUT2D eigenvalue weighted by molar-refractivity contribution is 6.09. The van der Waals surface area contributed by atoms with Gasteiger partial charge in [-0.05, 0) is 47.0 Å². The lowest BCUT2D eigenvalue weighted by Crippen LogP contribution is -2.23. The third kappa shape index (κ3) is 2.26. The van der Waals surface area contributed by atoms with Crippen molar-refractivity contribution in [3.05, 3.63) is 82.7 Å². The van der Waals surface area contributed by atoms with Crippen molar-refractivity contribution in [1.82, 2.24) is 5.32 Å². The zero-order valence-electron chi connectivity index (χ0n) is 14.7. The Labute approximate surface area is 152 Å². The van der Waals surface area contributed by atoms with E-state index in [4.69, 9.17) is 0 Å². The molecule has 0 radical (unpaired) electrons. The van der Waals surface area contributed by atoms with Gasteiger partial charge in [0.1, 0.15) is 0 Å². The lowest BCUT2D eigenvalue weighted by atomic mass is 9.79. The molecule has 0 bridgehead atoms. The van der Waals surface area contributed by atoms with Crippen molar-refractivity contribution >= 4 is 21.5 Å². The Morgan fingerprint density at radius 1 is 0.769 bits per heavy atom. The number of fused-ring (bicyclic) bond motifs is 3. The number of rotatable bonds is 1. The largest absolute Gasteiger partial charge is 0.361 e. The number of hydrogen-bond donors (Lipinski definition) is 1. The number of dihydropyridines is 1. The standard InChI is InChI=1S/C23H17N3/c1-14-21(12-24)23(22(13-25)15(2)26-14)20-11-16-7-3-4-8-17(16)18-9-5-6-10-19(18)20/h3-11,23,26H,1-2H3. The first-order valence-corrected chi connectivity index (χ1v) is 8.55. The van der Waals surface area contributed by atoms with Crippen LogP contribution in [-0.2, 0) is 0 Å². The molecule has 4 rings (SSSR count). The molecular weight excluding hydrogens is 318 g/mol. The SMILES string of the molecule is CC1=C(C#N)C(c2cc3ccccc3c3ccccc23)C(C#N)=C(C)N1. The molecule has 3 heteroatoms. The molecule has 0 fully saturated rings. The summed E-state index contributed by atoms with van der Waals surface area (Å²) >= 11 is 0. The molecule has 26 heavy (non-hydrogen) atoms. The van der Waals surface area contributed by atoms with E-state index in [1.807, 2.05) is 38.1 Å². The molecule has 124 valence electrons. The van der Waals surface area contributed by atoms with Crippen LogP contribution in [0.3, 0.4) is 0 Å². The maximum atomic E-state index is 9.80. The minimum atomic E-state index is -0.347. The topological polar surface area (TPSA) is 59.6 Å². The molecule has 1 aliphatic rings. The van der Waals surface area contributed by atoms with E-state index in [1.54, 1.807) is 0 Å². The number of nitrogens with zero attached hydrogens (tertiary/aromatic N) is 2. The molecule has 0 aromatic heterocycles. The molecule has 0 saturated heterocycles. The Bertz CT molecular complexity index is 1160. The highest BCUT2D eigenvalue weighted by Crippen LogP contribution is 2.42. The zero-order chi connectivity index (χ0) is 18.3. The van der Waals surface area contributed by atoms with E-state index < -0.39 is 0 Å². The number of benzene rings is 3. The van der Waals surface area contributed by atoms with Crippen LogP contribution in [0.5, 0.6) is 0 Å². The van der Waals surface area contributed by atoms with E-state index in [0.717, 1.165) is 33.1 Å². The first-order chi connectivity index (χ1) is 12.7. The lowest BCUT2D eigenvalue weighted by Gasteiger charge is -2.27. The molecular formula is C23H17N3. The number of nitrogens with one attached hydrogen (secondary N) is 1. The van der Waals surface area contributed by atoms with Gasteiger partial charge in [-0.15, -0.1) is 0 Å². The summed E-state index contributed by atoms with van der Waals surface area (Å²) < 4.78 is 0. The van der Waals surface area contributed by atoms with Gasteiger partial charge < -0.3 is 5.32 Å². The average Bonchev–Trinajstić information content (AvgIpc) is 2.67. The quantitative estimate of drug-likeness (QED) is 0.616. The Morgan fingerprint density at radius 2 is 1.31 bits per heavy atom. The third-order valence-electron chi connectivity index (χ3n) is 5.11. The first kappa shape index (κ1) is 15.9. The predicted octanol–water partition coefficient (Wildman–Crippen LogP) is 5.27. The van der Waals surface area contributed by atoms with Crippen molar-refractivity contribution in [3.63, 3.8) is 0 Å². The van der Waals surface area contributed by atoms with E-state index in [1.165, 1.54) is 5.39 Å². The van der Waals surface area contributed by atoms with Crippen LogP contribution in [0.1, 0.15) is 25.3 Å². The van der Waals surface area contributed by atoms with Crippen LogP contribution in [0.2, 0.25) is 0 Å². The molecule has 1 N–H and O–H groups in total. The monoisotopic (exact) mass is 335 g/mol. The van der Waals surface area contributed by atoms with Crippen LogP contribution in [0.25, 0.3) is 21.5 Å². The lowest BCUT2D eigenvalue weighted by molar-refractivity contribution is 0.818. The number of allylic oxidation sites excluding steroid dienone is 4. The van der Waals surface area contributed by atoms with Crippen LogP contribution in [0.4, 0.5) is 0 Å². The molecule has 0 amide bonds. The second-order valence-electron chi connectivity index (χ2n) is 6.59. The van der Waals surface area contributed by atoms with Gasteiger partial charge in [0.2, 0.25) is 0 Å². The van der Waals surface area contributed by atoms with Crippen molar-refractivity contribution in [2.75, 3.05) is 0 Å². The summed E-state index contributed by atoms with van der Waals surface area (Å²) in [4.78, 5) is 0. The molecule has 0 unspecified atom stereocenters. The highest BCUT2D eigenvalue weighted by atomic mass is 14.9. The van der Waals surface area contributed by atoms with Crippen LogP contribution in [0.15, 0.2) is 77.1 Å². The third-order valence-corrected chi connectivity index (χ3v) is 5.11. The highest BCUT2D eigenvalue weighted by Gasteiger charge is 2.30. The van der Waals surface area contributed by atoms with Crippen molar-refractivity contribution in [1.29, 1.82) is 10.5 Å². The average molecular weight is 335 g/mol.